The fourth-order valence-electron chi connectivity index (χ4n) is 1.70. The van der Waals surface area contributed by atoms with Crippen LogP contribution >= 0.6 is 0 Å². The van der Waals surface area contributed by atoms with E-state index >= 15 is 0 Å². The number of hydrogen-bond acceptors (Lipinski definition) is 4. The summed E-state index contributed by atoms with van der Waals surface area (Å²) in [5.41, 5.74) is 0.300. The van der Waals surface area contributed by atoms with Crippen LogP contribution in [-0.4, -0.2) is 34.5 Å². The maximum atomic E-state index is 11.7. The summed E-state index contributed by atoms with van der Waals surface area (Å²) >= 11 is 0. The number of carbonyl (C=O) groups excluding carboxylic acids is 2. The Labute approximate surface area is 98.1 Å². The lowest BCUT2D eigenvalue weighted by atomic mass is 10.2. The lowest BCUT2D eigenvalue weighted by molar-refractivity contribution is -0.119. The number of nitrogens with one attached hydrogen (secondary N) is 2. The van der Waals surface area contributed by atoms with E-state index in [0.29, 0.717) is 18.5 Å². The van der Waals surface area contributed by atoms with Crippen molar-refractivity contribution in [3.8, 4) is 5.75 Å². The third kappa shape index (κ3) is 2.93. The number of rotatable bonds is 3. The molecule has 1 aliphatic rings. The maximum absolute atomic E-state index is 11.7. The van der Waals surface area contributed by atoms with Crippen molar-refractivity contribution in [1.29, 1.82) is 0 Å². The van der Waals surface area contributed by atoms with E-state index in [2.05, 4.69) is 15.6 Å². The Morgan fingerprint density at radius 3 is 3.06 bits per heavy atom. The third-order valence-corrected chi connectivity index (χ3v) is 2.58. The van der Waals surface area contributed by atoms with E-state index in [9.17, 15) is 14.7 Å². The molecule has 0 saturated carbocycles. The fraction of sp³-hybridized carbons (Fsp3) is 0.364. The number of nitrogens with zero attached hydrogens (tertiary/aromatic N) is 1. The SMILES string of the molecule is O=C1CCC(CNC(=O)c2cncc(O)c2)N1. The van der Waals surface area contributed by atoms with Gasteiger partial charge in [0, 0.05) is 25.2 Å². The Kier molecular flexibility index (Phi) is 3.22. The van der Waals surface area contributed by atoms with E-state index in [4.69, 9.17) is 0 Å². The summed E-state index contributed by atoms with van der Waals surface area (Å²) in [5.74, 6) is -0.343. The maximum Gasteiger partial charge on any atom is 0.253 e. The molecule has 6 nitrogen and oxygen atoms in total. The summed E-state index contributed by atoms with van der Waals surface area (Å²) in [6, 6.07) is 1.34. The summed E-state index contributed by atoms with van der Waals surface area (Å²) < 4.78 is 0. The number of carbonyl (C=O) groups is 2. The molecule has 0 spiro atoms. The number of aromatic nitrogens is 1. The van der Waals surface area contributed by atoms with Gasteiger partial charge in [0.1, 0.15) is 5.75 Å². The molecule has 1 fully saturated rings. The minimum absolute atomic E-state index is 0.00304. The zero-order valence-electron chi connectivity index (χ0n) is 9.14. The van der Waals surface area contributed by atoms with E-state index < -0.39 is 0 Å². The van der Waals surface area contributed by atoms with Crippen molar-refractivity contribution in [3.63, 3.8) is 0 Å². The number of amides is 2. The van der Waals surface area contributed by atoms with E-state index in [0.717, 1.165) is 6.42 Å². The number of aromatic hydroxyl groups is 1. The van der Waals surface area contributed by atoms with Crippen LogP contribution in [0.3, 0.4) is 0 Å². The van der Waals surface area contributed by atoms with Gasteiger partial charge in [0.05, 0.1) is 11.8 Å². The minimum atomic E-state index is -0.311. The molecule has 6 heteroatoms. The van der Waals surface area contributed by atoms with Gasteiger partial charge in [-0.1, -0.05) is 0 Å². The molecular formula is C11H13N3O3. The molecule has 0 bridgehead atoms. The first-order chi connectivity index (χ1) is 8.15. The Morgan fingerprint density at radius 2 is 2.41 bits per heavy atom. The van der Waals surface area contributed by atoms with E-state index in [-0.39, 0.29) is 23.6 Å². The average Bonchev–Trinajstić information content (AvgIpc) is 2.72. The molecule has 0 aliphatic carbocycles. The quantitative estimate of drug-likeness (QED) is 0.676. The first kappa shape index (κ1) is 11.4. The van der Waals surface area contributed by atoms with E-state index in [1.807, 2.05) is 0 Å². The highest BCUT2D eigenvalue weighted by Crippen LogP contribution is 2.09. The van der Waals surface area contributed by atoms with Crippen molar-refractivity contribution in [2.45, 2.75) is 18.9 Å². The molecule has 1 unspecified atom stereocenters. The minimum Gasteiger partial charge on any atom is -0.506 e. The molecule has 1 aliphatic heterocycles. The lowest BCUT2D eigenvalue weighted by Gasteiger charge is -2.11. The van der Waals surface area contributed by atoms with Crippen molar-refractivity contribution >= 4 is 11.8 Å². The molecule has 17 heavy (non-hydrogen) atoms. The van der Waals surface area contributed by atoms with Crippen molar-refractivity contribution in [3.05, 3.63) is 24.0 Å². The van der Waals surface area contributed by atoms with Gasteiger partial charge in [-0.15, -0.1) is 0 Å². The van der Waals surface area contributed by atoms with Gasteiger partial charge in [-0.3, -0.25) is 14.6 Å². The fourth-order valence-corrected chi connectivity index (χ4v) is 1.70. The van der Waals surface area contributed by atoms with Crippen LogP contribution in [0.15, 0.2) is 18.5 Å². The molecule has 0 aromatic carbocycles. The van der Waals surface area contributed by atoms with Gasteiger partial charge in [0.2, 0.25) is 5.91 Å². The standard InChI is InChI=1S/C11H13N3O3/c15-9-3-7(4-12-6-9)11(17)13-5-8-1-2-10(16)14-8/h3-4,6,8,15H,1-2,5H2,(H,13,17)(H,14,16). The molecule has 1 atom stereocenters. The summed E-state index contributed by atoms with van der Waals surface area (Å²) in [5, 5.41) is 14.6. The highest BCUT2D eigenvalue weighted by molar-refractivity contribution is 5.94. The third-order valence-electron chi connectivity index (χ3n) is 2.58. The molecule has 3 N–H and O–H groups in total. The predicted molar refractivity (Wildman–Crippen MR) is 59.4 cm³/mol. The molecule has 1 saturated heterocycles. The van der Waals surface area contributed by atoms with Crippen LogP contribution in [0.5, 0.6) is 5.75 Å². The van der Waals surface area contributed by atoms with Crippen molar-refractivity contribution in [2.75, 3.05) is 6.54 Å². The van der Waals surface area contributed by atoms with Gasteiger partial charge in [-0.25, -0.2) is 0 Å². The first-order valence-electron chi connectivity index (χ1n) is 5.37. The largest absolute Gasteiger partial charge is 0.506 e. The van der Waals surface area contributed by atoms with Crippen molar-refractivity contribution in [2.24, 2.45) is 0 Å². The van der Waals surface area contributed by atoms with Gasteiger partial charge in [0.15, 0.2) is 0 Å². The summed E-state index contributed by atoms with van der Waals surface area (Å²) in [6.07, 6.45) is 3.88. The highest BCUT2D eigenvalue weighted by Gasteiger charge is 2.21. The molecule has 90 valence electrons. The number of hydrogen-bond donors (Lipinski definition) is 3. The van der Waals surface area contributed by atoms with E-state index in [1.54, 1.807) is 0 Å². The normalized spacial score (nSPS) is 18.8. The van der Waals surface area contributed by atoms with Crippen LogP contribution in [0.2, 0.25) is 0 Å². The van der Waals surface area contributed by atoms with Gasteiger partial charge >= 0.3 is 0 Å². The van der Waals surface area contributed by atoms with Crippen LogP contribution in [-0.2, 0) is 4.79 Å². The second-order valence-corrected chi connectivity index (χ2v) is 3.94. The molecule has 2 heterocycles. The molecule has 1 aromatic heterocycles. The molecule has 0 radical (unpaired) electrons. The van der Waals surface area contributed by atoms with Crippen molar-refractivity contribution in [1.82, 2.24) is 15.6 Å². The second-order valence-electron chi connectivity index (χ2n) is 3.94. The smallest absolute Gasteiger partial charge is 0.253 e. The summed E-state index contributed by atoms with van der Waals surface area (Å²) in [7, 11) is 0. The Bertz CT molecular complexity index is 447. The Balaban J connectivity index is 1.87. The van der Waals surface area contributed by atoms with Crippen LogP contribution in [0.25, 0.3) is 0 Å². The van der Waals surface area contributed by atoms with Crippen LogP contribution in [0.4, 0.5) is 0 Å². The number of pyridine rings is 1. The van der Waals surface area contributed by atoms with Crippen LogP contribution in [0, 0.1) is 0 Å². The summed E-state index contributed by atoms with van der Waals surface area (Å²) in [6.45, 7) is 0.389. The Hall–Kier alpha value is -2.11. The van der Waals surface area contributed by atoms with Crippen LogP contribution in [0.1, 0.15) is 23.2 Å². The van der Waals surface area contributed by atoms with Gasteiger partial charge < -0.3 is 15.7 Å². The van der Waals surface area contributed by atoms with Gasteiger partial charge in [0.25, 0.3) is 5.91 Å². The van der Waals surface area contributed by atoms with Gasteiger partial charge in [-0.2, -0.15) is 0 Å². The average molecular weight is 235 g/mol. The first-order valence-corrected chi connectivity index (χ1v) is 5.37. The monoisotopic (exact) mass is 235 g/mol. The highest BCUT2D eigenvalue weighted by atomic mass is 16.3. The molecule has 2 amide bonds. The molecular weight excluding hydrogens is 222 g/mol. The Morgan fingerprint density at radius 1 is 1.59 bits per heavy atom. The molecule has 1 aromatic rings. The zero-order valence-corrected chi connectivity index (χ0v) is 9.14. The lowest BCUT2D eigenvalue weighted by Crippen LogP contribution is -2.38. The predicted octanol–water partition coefficient (Wildman–Crippen LogP) is -0.204. The molecule has 2 rings (SSSR count). The van der Waals surface area contributed by atoms with Crippen molar-refractivity contribution < 1.29 is 14.7 Å². The zero-order chi connectivity index (χ0) is 12.3. The second kappa shape index (κ2) is 4.82. The summed E-state index contributed by atoms with van der Waals surface area (Å²) in [4.78, 5) is 26.3. The van der Waals surface area contributed by atoms with E-state index in [1.165, 1.54) is 18.5 Å². The van der Waals surface area contributed by atoms with Crippen LogP contribution < -0.4 is 10.6 Å². The topological polar surface area (TPSA) is 91.3 Å². The van der Waals surface area contributed by atoms with Gasteiger partial charge in [-0.05, 0) is 12.5 Å².